The summed E-state index contributed by atoms with van der Waals surface area (Å²) in [6.07, 6.45) is 4.69. The van der Waals surface area contributed by atoms with E-state index in [4.69, 9.17) is 5.11 Å². The molecular formula is C16H14N4O4. The first-order valence-electron chi connectivity index (χ1n) is 7.10. The van der Waals surface area contributed by atoms with Crippen LogP contribution in [0.5, 0.6) is 0 Å². The Morgan fingerprint density at radius 3 is 2.83 bits per heavy atom. The van der Waals surface area contributed by atoms with Gasteiger partial charge in [-0.2, -0.15) is 0 Å². The minimum atomic E-state index is -1.03. The third-order valence-corrected chi connectivity index (χ3v) is 3.55. The van der Waals surface area contributed by atoms with E-state index in [1.165, 1.54) is 27.3 Å². The van der Waals surface area contributed by atoms with Crippen LogP contribution in [0.4, 0.5) is 0 Å². The van der Waals surface area contributed by atoms with Crippen LogP contribution in [0.2, 0.25) is 0 Å². The summed E-state index contributed by atoms with van der Waals surface area (Å²) in [6, 6.07) is 6.29. The molecule has 0 unspecified atom stereocenters. The van der Waals surface area contributed by atoms with E-state index in [-0.39, 0.29) is 29.0 Å². The van der Waals surface area contributed by atoms with Crippen LogP contribution in [0.1, 0.15) is 26.4 Å². The van der Waals surface area contributed by atoms with Crippen LogP contribution in [0.25, 0.3) is 5.65 Å². The van der Waals surface area contributed by atoms with E-state index in [9.17, 15) is 14.4 Å². The molecule has 24 heavy (non-hydrogen) atoms. The number of carboxylic acids is 1. The highest BCUT2D eigenvalue weighted by Crippen LogP contribution is 2.06. The van der Waals surface area contributed by atoms with Crippen LogP contribution in [-0.4, -0.2) is 30.9 Å². The number of carbonyl (C=O) groups excluding carboxylic acids is 1. The number of carbonyl (C=O) groups is 2. The number of benzene rings is 1. The molecule has 3 rings (SSSR count). The monoisotopic (exact) mass is 326 g/mol. The van der Waals surface area contributed by atoms with Crippen molar-refractivity contribution in [1.82, 2.24) is 19.3 Å². The second-order valence-electron chi connectivity index (χ2n) is 5.26. The first-order chi connectivity index (χ1) is 11.5. The Morgan fingerprint density at radius 1 is 1.29 bits per heavy atom. The quantitative estimate of drug-likeness (QED) is 0.733. The van der Waals surface area contributed by atoms with Gasteiger partial charge in [0.15, 0.2) is 0 Å². The number of amides is 1. The topological polar surface area (TPSA) is 106 Å². The molecule has 0 atom stereocenters. The van der Waals surface area contributed by atoms with Crippen LogP contribution < -0.4 is 10.9 Å². The van der Waals surface area contributed by atoms with E-state index in [1.54, 1.807) is 31.6 Å². The second-order valence-corrected chi connectivity index (χ2v) is 5.26. The molecule has 0 spiro atoms. The lowest BCUT2D eigenvalue weighted by atomic mass is 10.1. The van der Waals surface area contributed by atoms with Crippen LogP contribution in [0.15, 0.2) is 47.7 Å². The first-order valence-corrected chi connectivity index (χ1v) is 7.10. The van der Waals surface area contributed by atoms with Gasteiger partial charge in [0.2, 0.25) is 5.65 Å². The van der Waals surface area contributed by atoms with E-state index in [1.807, 2.05) is 0 Å². The molecule has 0 aliphatic carbocycles. The lowest BCUT2D eigenvalue weighted by Gasteiger charge is -2.04. The predicted octanol–water partition coefficient (Wildman–Crippen LogP) is 0.661. The third kappa shape index (κ3) is 2.89. The van der Waals surface area contributed by atoms with E-state index in [2.05, 4.69) is 10.3 Å². The highest BCUT2D eigenvalue weighted by Gasteiger charge is 2.13. The summed E-state index contributed by atoms with van der Waals surface area (Å²) in [6.45, 7) is 0.159. The van der Waals surface area contributed by atoms with Crippen LogP contribution >= 0.6 is 0 Å². The second kappa shape index (κ2) is 5.99. The van der Waals surface area contributed by atoms with Gasteiger partial charge in [0.25, 0.3) is 11.5 Å². The number of hydrogen-bond donors (Lipinski definition) is 2. The Kier molecular flexibility index (Phi) is 3.87. The van der Waals surface area contributed by atoms with Gasteiger partial charge in [-0.15, -0.1) is 0 Å². The van der Waals surface area contributed by atoms with E-state index in [0.29, 0.717) is 5.56 Å². The van der Waals surface area contributed by atoms with Crippen molar-refractivity contribution in [2.75, 3.05) is 0 Å². The van der Waals surface area contributed by atoms with Crippen molar-refractivity contribution >= 4 is 17.5 Å². The summed E-state index contributed by atoms with van der Waals surface area (Å²) >= 11 is 0. The fraction of sp³-hybridized carbons (Fsp3) is 0.125. The van der Waals surface area contributed by atoms with Crippen molar-refractivity contribution in [2.24, 2.45) is 7.05 Å². The molecule has 0 saturated carbocycles. The normalized spacial score (nSPS) is 10.7. The van der Waals surface area contributed by atoms with Crippen molar-refractivity contribution in [3.63, 3.8) is 0 Å². The fourth-order valence-electron chi connectivity index (χ4n) is 2.26. The first kappa shape index (κ1) is 15.5. The van der Waals surface area contributed by atoms with Gasteiger partial charge in [0.05, 0.1) is 5.56 Å². The SMILES string of the molecule is Cn1ccn2cc(C(=O)NCc3cccc(C(=O)O)c3)nc2c1=O. The number of carboxylic acid groups (broad SMARTS) is 1. The molecule has 0 aliphatic heterocycles. The summed E-state index contributed by atoms with van der Waals surface area (Å²) in [4.78, 5) is 39.1. The molecule has 0 saturated heterocycles. The van der Waals surface area contributed by atoms with Gasteiger partial charge in [-0.05, 0) is 17.7 Å². The van der Waals surface area contributed by atoms with Crippen molar-refractivity contribution in [3.05, 3.63) is 70.0 Å². The molecule has 0 radical (unpaired) electrons. The zero-order valence-electron chi connectivity index (χ0n) is 12.8. The van der Waals surface area contributed by atoms with Gasteiger partial charge in [-0.3, -0.25) is 9.59 Å². The number of imidazole rings is 1. The molecule has 0 bridgehead atoms. The summed E-state index contributed by atoms with van der Waals surface area (Å²) in [5, 5.41) is 11.6. The van der Waals surface area contributed by atoms with Gasteiger partial charge < -0.3 is 19.4 Å². The van der Waals surface area contributed by atoms with Crippen LogP contribution in [-0.2, 0) is 13.6 Å². The lowest BCUT2D eigenvalue weighted by molar-refractivity contribution is 0.0696. The largest absolute Gasteiger partial charge is 0.478 e. The molecule has 1 amide bonds. The number of aromatic carboxylic acids is 1. The Morgan fingerprint density at radius 2 is 2.08 bits per heavy atom. The van der Waals surface area contributed by atoms with Crippen molar-refractivity contribution in [2.45, 2.75) is 6.54 Å². The number of nitrogens with one attached hydrogen (secondary N) is 1. The molecule has 2 N–H and O–H groups in total. The molecule has 122 valence electrons. The van der Waals surface area contributed by atoms with E-state index in [0.717, 1.165) is 0 Å². The number of hydrogen-bond acceptors (Lipinski definition) is 4. The van der Waals surface area contributed by atoms with Crippen LogP contribution in [0, 0.1) is 0 Å². The smallest absolute Gasteiger partial charge is 0.335 e. The average molecular weight is 326 g/mol. The Hall–Kier alpha value is -3.42. The van der Waals surface area contributed by atoms with E-state index < -0.39 is 11.9 Å². The molecule has 3 aromatic rings. The highest BCUT2D eigenvalue weighted by molar-refractivity contribution is 5.93. The average Bonchev–Trinajstić information content (AvgIpc) is 3.01. The zero-order chi connectivity index (χ0) is 17.3. The summed E-state index contributed by atoms with van der Waals surface area (Å²) in [7, 11) is 1.60. The van der Waals surface area contributed by atoms with Gasteiger partial charge in [0.1, 0.15) is 5.69 Å². The highest BCUT2D eigenvalue weighted by atomic mass is 16.4. The molecule has 2 aromatic heterocycles. The number of rotatable bonds is 4. The van der Waals surface area contributed by atoms with Crippen molar-refractivity contribution in [3.8, 4) is 0 Å². The van der Waals surface area contributed by atoms with Gasteiger partial charge in [-0.1, -0.05) is 12.1 Å². The van der Waals surface area contributed by atoms with Crippen molar-refractivity contribution < 1.29 is 14.7 Å². The number of aryl methyl sites for hydroxylation is 1. The van der Waals surface area contributed by atoms with Gasteiger partial charge in [0, 0.05) is 32.2 Å². The Bertz CT molecular complexity index is 1000. The molecule has 8 heteroatoms. The third-order valence-electron chi connectivity index (χ3n) is 3.55. The summed E-state index contributed by atoms with van der Waals surface area (Å²) in [5.74, 6) is -1.47. The standard InChI is InChI=1S/C16H14N4O4/c1-19-5-6-20-9-12(18-13(20)15(19)22)14(21)17-8-10-3-2-4-11(7-10)16(23)24/h2-7,9H,8H2,1H3,(H,17,21)(H,23,24). The lowest BCUT2D eigenvalue weighted by Crippen LogP contribution is -2.23. The Labute approximate surface area is 136 Å². The molecular weight excluding hydrogens is 312 g/mol. The molecule has 2 heterocycles. The molecule has 8 nitrogen and oxygen atoms in total. The summed E-state index contributed by atoms with van der Waals surface area (Å²) < 4.78 is 2.86. The maximum absolute atomic E-state index is 12.2. The van der Waals surface area contributed by atoms with E-state index >= 15 is 0 Å². The van der Waals surface area contributed by atoms with Gasteiger partial charge >= 0.3 is 5.97 Å². The van der Waals surface area contributed by atoms with Gasteiger partial charge in [-0.25, -0.2) is 9.78 Å². The maximum Gasteiger partial charge on any atom is 0.335 e. The number of fused-ring (bicyclic) bond motifs is 1. The molecule has 1 aromatic carbocycles. The minimum Gasteiger partial charge on any atom is -0.478 e. The summed E-state index contributed by atoms with van der Waals surface area (Å²) in [5.41, 5.74) is 0.789. The zero-order valence-corrected chi connectivity index (χ0v) is 12.8. The van der Waals surface area contributed by atoms with Crippen molar-refractivity contribution in [1.29, 1.82) is 0 Å². The predicted molar refractivity (Wildman–Crippen MR) is 85.0 cm³/mol. The molecule has 0 aliphatic rings. The minimum absolute atomic E-state index is 0.118. The maximum atomic E-state index is 12.2. The number of nitrogens with zero attached hydrogens (tertiary/aromatic N) is 3. The molecule has 0 fully saturated rings. The fourth-order valence-corrected chi connectivity index (χ4v) is 2.26. The van der Waals surface area contributed by atoms with Crippen LogP contribution in [0.3, 0.4) is 0 Å². The Balaban J connectivity index is 1.78. The number of aromatic nitrogens is 3.